The molecule has 0 saturated carbocycles. The van der Waals surface area contributed by atoms with E-state index in [9.17, 15) is 0 Å². The van der Waals surface area contributed by atoms with Gasteiger partial charge in [0.25, 0.3) is 0 Å². The molecule has 0 radical (unpaired) electrons. The fraction of sp³-hybridized carbons (Fsp3) is 0. The van der Waals surface area contributed by atoms with E-state index in [1.807, 2.05) is 0 Å². The summed E-state index contributed by atoms with van der Waals surface area (Å²) >= 11 is 0. The molecule has 13 heteroatoms. The second kappa shape index (κ2) is 117. The van der Waals surface area contributed by atoms with Crippen molar-refractivity contribution >= 4 is 0 Å². The average Bonchev–Trinajstić information content (AvgIpc) is 0. The molecule has 0 aliphatic carbocycles. The van der Waals surface area contributed by atoms with Crippen LogP contribution in [0, 0.1) is 0 Å². The van der Waals surface area contributed by atoms with Gasteiger partial charge in [-0.2, -0.15) is 0 Å². The molecule has 130 valence electrons. The molecule has 0 rings (SSSR count). The minimum absolute atomic E-state index is 0. The summed E-state index contributed by atoms with van der Waals surface area (Å²) in [5.74, 6) is 0. The maximum absolute atomic E-state index is 0. The molecular weight excluding hydrogens is 1100 g/mol. The van der Waals surface area contributed by atoms with Gasteiger partial charge in [-0.05, 0) is 0 Å². The number of hydrogen-bond acceptors (Lipinski definition) is 0. The standard InChI is InChI=1S/6Ni.7Pd. The molecule has 0 spiro atoms. The van der Waals surface area contributed by atoms with Crippen LogP contribution in [-0.4, -0.2) is 0 Å². The molecule has 0 fully saturated rings. The molecule has 0 aromatic heterocycles. The minimum Gasteiger partial charge on any atom is 0 e. The molecule has 0 nitrogen and oxygen atoms in total. The van der Waals surface area contributed by atoms with E-state index in [0.717, 1.165) is 0 Å². The first-order valence-electron chi connectivity index (χ1n) is 0. The molecule has 13 heavy (non-hydrogen) atoms. The molecule has 0 heterocycles. The molecule has 0 aromatic carbocycles. The van der Waals surface area contributed by atoms with E-state index < -0.39 is 0 Å². The summed E-state index contributed by atoms with van der Waals surface area (Å²) in [6.07, 6.45) is 0. The van der Waals surface area contributed by atoms with Crippen molar-refractivity contribution in [2.24, 2.45) is 0 Å². The molecule has 0 N–H and O–H groups in total. The Bertz CT molecular complexity index is 12.9. The van der Waals surface area contributed by atoms with Gasteiger partial charge >= 0.3 is 0 Å². The fourth-order valence-corrected chi connectivity index (χ4v) is 0. The maximum atomic E-state index is 0. The predicted octanol–water partition coefficient (Wildman–Crippen LogP) is -0.0325. The van der Waals surface area contributed by atoms with Gasteiger partial charge in [0.1, 0.15) is 0 Å². The van der Waals surface area contributed by atoms with E-state index in [0.29, 0.717) is 0 Å². The van der Waals surface area contributed by atoms with Gasteiger partial charge in [0.05, 0.1) is 0 Å². The van der Waals surface area contributed by atoms with Crippen LogP contribution in [0.1, 0.15) is 0 Å². The molecule has 0 saturated heterocycles. The Morgan fingerprint density at radius 2 is 0.154 bits per heavy atom. The maximum Gasteiger partial charge on any atom is 0 e. The third-order valence-corrected chi connectivity index (χ3v) is 0. The summed E-state index contributed by atoms with van der Waals surface area (Å²) in [6, 6.07) is 0. The van der Waals surface area contributed by atoms with Crippen LogP contribution in [0.2, 0.25) is 0 Å². The van der Waals surface area contributed by atoms with Crippen molar-refractivity contribution in [2.75, 3.05) is 0 Å². The van der Waals surface area contributed by atoms with Gasteiger partial charge in [-0.25, -0.2) is 0 Å². The van der Waals surface area contributed by atoms with Crippen molar-refractivity contribution in [1.29, 1.82) is 0 Å². The first-order chi connectivity index (χ1) is 0. The van der Waals surface area contributed by atoms with Crippen LogP contribution in [0.3, 0.4) is 0 Å². The van der Waals surface area contributed by atoms with Crippen molar-refractivity contribution in [3.05, 3.63) is 0 Å². The first kappa shape index (κ1) is 137. The second-order valence-electron chi connectivity index (χ2n) is 0. The topological polar surface area (TPSA) is 0 Å². The Labute approximate surface area is 236 Å². The van der Waals surface area contributed by atoms with Crippen molar-refractivity contribution in [2.45, 2.75) is 0 Å². The van der Waals surface area contributed by atoms with Gasteiger partial charge < -0.3 is 0 Å². The molecule has 0 aromatic rings. The zero-order valence-corrected chi connectivity index (χ0v) is 20.9. The van der Waals surface area contributed by atoms with Crippen LogP contribution in [0.4, 0.5) is 0 Å². The molecule has 0 atom stereocenters. The van der Waals surface area contributed by atoms with E-state index in [1.165, 1.54) is 0 Å². The zero-order valence-electron chi connectivity index (χ0n) is 4.11. The predicted molar refractivity (Wildman–Crippen MR) is 0 cm³/mol. The van der Waals surface area contributed by atoms with Crippen LogP contribution >= 0.6 is 0 Å². The molecule has 0 aliphatic rings. The summed E-state index contributed by atoms with van der Waals surface area (Å²) in [4.78, 5) is 0. The van der Waals surface area contributed by atoms with Crippen molar-refractivity contribution in [3.63, 3.8) is 0 Å². The Balaban J connectivity index is 0. The van der Waals surface area contributed by atoms with E-state index in [4.69, 9.17) is 0 Å². The molecule has 0 bridgehead atoms. The molecule has 0 aliphatic heterocycles. The molecule has 0 unspecified atom stereocenters. The van der Waals surface area contributed by atoms with Crippen molar-refractivity contribution < 1.29 is 242 Å². The van der Waals surface area contributed by atoms with Gasteiger partial charge in [-0.3, -0.25) is 0 Å². The van der Waals surface area contributed by atoms with Crippen LogP contribution in [-0.2, 0) is 242 Å². The van der Waals surface area contributed by atoms with E-state index in [-0.39, 0.29) is 242 Å². The second-order valence-corrected chi connectivity index (χ2v) is 0. The van der Waals surface area contributed by atoms with E-state index >= 15 is 0 Å². The van der Waals surface area contributed by atoms with Crippen LogP contribution < -0.4 is 0 Å². The van der Waals surface area contributed by atoms with Gasteiger partial charge in [0.15, 0.2) is 0 Å². The van der Waals surface area contributed by atoms with E-state index in [1.54, 1.807) is 0 Å². The van der Waals surface area contributed by atoms with Gasteiger partial charge in [-0.15, -0.1) is 0 Å². The number of hydrogen-bond donors (Lipinski definition) is 0. The quantitative estimate of drug-likeness (QED) is 0.300. The summed E-state index contributed by atoms with van der Waals surface area (Å²) in [7, 11) is 0. The fourth-order valence-electron chi connectivity index (χ4n) is 0. The Morgan fingerprint density at radius 1 is 0.154 bits per heavy atom. The molecule has 0 amide bonds. The third kappa shape index (κ3) is 105. The zero-order chi connectivity index (χ0) is 0. The van der Waals surface area contributed by atoms with Crippen molar-refractivity contribution in [1.82, 2.24) is 0 Å². The SMILES string of the molecule is [Ni].[Ni].[Ni].[Ni].[Ni].[Ni].[Pd].[Pd].[Pd].[Pd].[Pd].[Pd].[Pd]. The monoisotopic (exact) mass is 1090 g/mol. The summed E-state index contributed by atoms with van der Waals surface area (Å²) in [5, 5.41) is 0. The first-order valence-corrected chi connectivity index (χ1v) is 0. The van der Waals surface area contributed by atoms with Gasteiger partial charge in [0.2, 0.25) is 0 Å². The van der Waals surface area contributed by atoms with Crippen molar-refractivity contribution in [3.8, 4) is 0 Å². The van der Waals surface area contributed by atoms with Crippen LogP contribution in [0.25, 0.3) is 0 Å². The summed E-state index contributed by atoms with van der Waals surface area (Å²) in [5.41, 5.74) is 0. The summed E-state index contributed by atoms with van der Waals surface area (Å²) in [6.45, 7) is 0. The van der Waals surface area contributed by atoms with Gasteiger partial charge in [0, 0.05) is 242 Å². The average molecular weight is 1100 g/mol. The summed E-state index contributed by atoms with van der Waals surface area (Å²) < 4.78 is 0. The largest absolute Gasteiger partial charge is 0 e. The normalized spacial score (nSPS) is 0. The third-order valence-electron chi connectivity index (χ3n) is 0. The molecular formula is Ni6Pd7. The smallest absolute Gasteiger partial charge is 0 e. The van der Waals surface area contributed by atoms with Gasteiger partial charge in [-0.1, -0.05) is 0 Å². The Kier molecular flexibility index (Phi) is 1240. The van der Waals surface area contributed by atoms with E-state index in [2.05, 4.69) is 0 Å². The van der Waals surface area contributed by atoms with Crippen LogP contribution in [0.5, 0.6) is 0 Å². The number of rotatable bonds is 0. The van der Waals surface area contributed by atoms with Crippen LogP contribution in [0.15, 0.2) is 0 Å². The minimum atomic E-state index is 0. The Morgan fingerprint density at radius 3 is 0.154 bits per heavy atom. The Hall–Kier alpha value is 7.60.